The molecule has 108 valence electrons. The molecule has 0 unspecified atom stereocenters. The normalized spacial score (nSPS) is 31.8. The van der Waals surface area contributed by atoms with Crippen LogP contribution in [0, 0.1) is 5.92 Å². The van der Waals surface area contributed by atoms with Crippen molar-refractivity contribution in [2.24, 2.45) is 5.92 Å². The fourth-order valence-corrected chi connectivity index (χ4v) is 3.16. The van der Waals surface area contributed by atoms with Gasteiger partial charge in [-0.15, -0.1) is 5.53 Å². The third-order valence-corrected chi connectivity index (χ3v) is 4.53. The topological polar surface area (TPSA) is 39.8 Å². The van der Waals surface area contributed by atoms with E-state index in [1.165, 1.54) is 31.4 Å². The molecule has 0 aromatic rings. The first-order valence-electron chi connectivity index (χ1n) is 7.63. The molecule has 0 atom stereocenters. The molecule has 5 nitrogen and oxygen atoms in total. The van der Waals surface area contributed by atoms with Gasteiger partial charge < -0.3 is 10.2 Å². The lowest BCUT2D eigenvalue weighted by Gasteiger charge is -2.34. The van der Waals surface area contributed by atoms with Crippen LogP contribution in [0.4, 0.5) is 0 Å². The number of hydrazine groups is 2. The predicted octanol–water partition coefficient (Wildman–Crippen LogP) is 1.06. The first kappa shape index (κ1) is 13.2. The zero-order valence-corrected chi connectivity index (χ0v) is 11.9. The lowest BCUT2D eigenvalue weighted by molar-refractivity contribution is 0.00493. The van der Waals surface area contributed by atoms with Gasteiger partial charge in [0.15, 0.2) is 0 Å². The summed E-state index contributed by atoms with van der Waals surface area (Å²) in [5.41, 5.74) is 7.51. The molecule has 1 aliphatic carbocycles. The quantitative estimate of drug-likeness (QED) is 0.796. The van der Waals surface area contributed by atoms with Gasteiger partial charge in [-0.1, -0.05) is 6.92 Å². The molecule has 0 bridgehead atoms. The Balaban J connectivity index is 1.34. The molecule has 2 N–H and O–H groups in total. The highest BCUT2D eigenvalue weighted by Crippen LogP contribution is 2.25. The van der Waals surface area contributed by atoms with E-state index in [1.807, 2.05) is 0 Å². The largest absolute Gasteiger partial charge is 0.377 e. The molecule has 1 saturated heterocycles. The van der Waals surface area contributed by atoms with Gasteiger partial charge in [-0.2, -0.15) is 0 Å². The van der Waals surface area contributed by atoms with E-state index in [4.69, 9.17) is 4.74 Å². The van der Waals surface area contributed by atoms with Gasteiger partial charge in [-0.05, 0) is 31.6 Å². The molecule has 2 aliphatic heterocycles. The standard InChI is InChI=1S/C14H26N4O/c1-12-2-4-14(5-3-12)19-9-8-17-6-7-18-13(11-17)10-15-16-18/h10,12,14-16H,2-9,11H2,1H3/t12-,14-. The molecule has 2 fully saturated rings. The summed E-state index contributed by atoms with van der Waals surface area (Å²) in [6, 6.07) is 0. The zero-order valence-electron chi connectivity index (χ0n) is 11.9. The number of nitrogens with zero attached hydrogens (tertiary/aromatic N) is 2. The Morgan fingerprint density at radius 1 is 1.26 bits per heavy atom. The molecule has 0 amide bonds. The van der Waals surface area contributed by atoms with E-state index in [0.717, 1.165) is 38.7 Å². The number of nitrogens with one attached hydrogen (secondary N) is 2. The maximum atomic E-state index is 6.04. The molecule has 0 aromatic heterocycles. The maximum absolute atomic E-state index is 6.04. The minimum absolute atomic E-state index is 0.520. The molecule has 1 saturated carbocycles. The summed E-state index contributed by atoms with van der Waals surface area (Å²) in [5.74, 6) is 0.905. The van der Waals surface area contributed by atoms with Crippen LogP contribution in [0.3, 0.4) is 0 Å². The van der Waals surface area contributed by atoms with Crippen LogP contribution in [0.2, 0.25) is 0 Å². The lowest BCUT2D eigenvalue weighted by atomic mass is 9.89. The molecule has 3 aliphatic rings. The first-order chi connectivity index (χ1) is 9.31. The van der Waals surface area contributed by atoms with Crippen molar-refractivity contribution >= 4 is 0 Å². The van der Waals surface area contributed by atoms with Crippen LogP contribution >= 0.6 is 0 Å². The second-order valence-electron chi connectivity index (χ2n) is 6.07. The fraction of sp³-hybridized carbons (Fsp3) is 0.857. The predicted molar refractivity (Wildman–Crippen MR) is 74.9 cm³/mol. The van der Waals surface area contributed by atoms with Crippen molar-refractivity contribution in [3.63, 3.8) is 0 Å². The second-order valence-corrected chi connectivity index (χ2v) is 6.07. The average molecular weight is 266 g/mol. The van der Waals surface area contributed by atoms with E-state index in [-0.39, 0.29) is 0 Å². The van der Waals surface area contributed by atoms with Crippen molar-refractivity contribution in [3.8, 4) is 0 Å². The third kappa shape index (κ3) is 3.41. The molecule has 2 heterocycles. The van der Waals surface area contributed by atoms with Crippen LogP contribution in [-0.4, -0.2) is 48.8 Å². The molecule has 0 radical (unpaired) electrons. The van der Waals surface area contributed by atoms with Gasteiger partial charge in [0.25, 0.3) is 0 Å². The van der Waals surface area contributed by atoms with Gasteiger partial charge in [0.05, 0.1) is 18.4 Å². The van der Waals surface area contributed by atoms with E-state index in [2.05, 4.69) is 34.0 Å². The average Bonchev–Trinajstić information content (AvgIpc) is 2.88. The van der Waals surface area contributed by atoms with E-state index in [0.29, 0.717) is 6.10 Å². The van der Waals surface area contributed by atoms with Crippen LogP contribution < -0.4 is 11.0 Å². The van der Waals surface area contributed by atoms with E-state index < -0.39 is 0 Å². The van der Waals surface area contributed by atoms with Gasteiger partial charge in [0.2, 0.25) is 0 Å². The fourth-order valence-electron chi connectivity index (χ4n) is 3.16. The number of fused-ring (bicyclic) bond motifs is 1. The van der Waals surface area contributed by atoms with Crippen LogP contribution in [-0.2, 0) is 4.74 Å². The summed E-state index contributed by atoms with van der Waals surface area (Å²) in [5, 5.41) is 2.18. The highest BCUT2D eigenvalue weighted by Gasteiger charge is 2.24. The van der Waals surface area contributed by atoms with Crippen molar-refractivity contribution in [1.82, 2.24) is 20.9 Å². The Hall–Kier alpha value is -0.780. The highest BCUT2D eigenvalue weighted by molar-refractivity contribution is 5.07. The Bertz CT molecular complexity index is 325. The van der Waals surface area contributed by atoms with Crippen LogP contribution in [0.1, 0.15) is 32.6 Å². The van der Waals surface area contributed by atoms with Crippen molar-refractivity contribution in [1.29, 1.82) is 0 Å². The van der Waals surface area contributed by atoms with Crippen molar-refractivity contribution in [2.45, 2.75) is 38.7 Å². The smallest absolute Gasteiger partial charge is 0.0623 e. The minimum atomic E-state index is 0.520. The number of piperazine rings is 1. The van der Waals surface area contributed by atoms with Crippen molar-refractivity contribution < 1.29 is 4.74 Å². The highest BCUT2D eigenvalue weighted by atomic mass is 16.5. The zero-order chi connectivity index (χ0) is 13.1. The number of hydrogen-bond acceptors (Lipinski definition) is 5. The molecular weight excluding hydrogens is 240 g/mol. The van der Waals surface area contributed by atoms with E-state index in [9.17, 15) is 0 Å². The van der Waals surface area contributed by atoms with Crippen molar-refractivity contribution in [2.75, 3.05) is 32.8 Å². The molecule has 0 aromatic carbocycles. The summed E-state index contributed by atoms with van der Waals surface area (Å²) in [6.45, 7) is 7.46. The van der Waals surface area contributed by atoms with Crippen molar-refractivity contribution in [3.05, 3.63) is 11.9 Å². The van der Waals surface area contributed by atoms with Crippen LogP contribution in [0.25, 0.3) is 0 Å². The Morgan fingerprint density at radius 2 is 2.11 bits per heavy atom. The number of rotatable bonds is 4. The number of ether oxygens (including phenoxy) is 1. The minimum Gasteiger partial charge on any atom is -0.377 e. The van der Waals surface area contributed by atoms with E-state index in [1.54, 1.807) is 0 Å². The first-order valence-corrected chi connectivity index (χ1v) is 7.63. The van der Waals surface area contributed by atoms with Crippen LogP contribution in [0.15, 0.2) is 11.9 Å². The summed E-state index contributed by atoms with van der Waals surface area (Å²) in [4.78, 5) is 2.47. The second kappa shape index (κ2) is 6.11. The molecule has 3 rings (SSSR count). The van der Waals surface area contributed by atoms with Gasteiger partial charge in [0, 0.05) is 32.4 Å². The van der Waals surface area contributed by atoms with Gasteiger partial charge in [0.1, 0.15) is 0 Å². The SMILES string of the molecule is C[C@H]1CC[C@H](OCCN2CCN3NNC=C3C2)CC1. The summed E-state index contributed by atoms with van der Waals surface area (Å²) in [7, 11) is 0. The molecule has 5 heteroatoms. The van der Waals surface area contributed by atoms with Gasteiger partial charge >= 0.3 is 0 Å². The number of hydrogen-bond donors (Lipinski definition) is 2. The van der Waals surface area contributed by atoms with Gasteiger partial charge in [-0.3, -0.25) is 9.91 Å². The monoisotopic (exact) mass is 266 g/mol. The molecule has 0 spiro atoms. The molecule has 19 heavy (non-hydrogen) atoms. The van der Waals surface area contributed by atoms with E-state index >= 15 is 0 Å². The summed E-state index contributed by atoms with van der Waals surface area (Å²) >= 11 is 0. The summed E-state index contributed by atoms with van der Waals surface area (Å²) in [6.07, 6.45) is 7.77. The Labute approximate surface area is 115 Å². The Morgan fingerprint density at radius 3 is 2.95 bits per heavy atom. The third-order valence-electron chi connectivity index (χ3n) is 4.53. The maximum Gasteiger partial charge on any atom is 0.0623 e. The summed E-state index contributed by atoms with van der Waals surface area (Å²) < 4.78 is 6.04. The lowest BCUT2D eigenvalue weighted by Crippen LogP contribution is -2.49. The van der Waals surface area contributed by atoms with Crippen LogP contribution in [0.5, 0.6) is 0 Å². The van der Waals surface area contributed by atoms with Gasteiger partial charge in [-0.25, -0.2) is 0 Å². The molecular formula is C14H26N4O. The Kier molecular flexibility index (Phi) is 4.25.